The average molecular weight is 307 g/mol. The molecule has 2 rings (SSSR count). The number of nitrogens with zero attached hydrogens (tertiary/aromatic N) is 3. The van der Waals surface area contributed by atoms with E-state index in [9.17, 15) is 0 Å². The van der Waals surface area contributed by atoms with Crippen LogP contribution in [0, 0.1) is 13.8 Å². The highest BCUT2D eigenvalue weighted by Gasteiger charge is 2.10. The molecule has 0 aliphatic carbocycles. The lowest BCUT2D eigenvalue weighted by Crippen LogP contribution is -2.37. The van der Waals surface area contributed by atoms with Gasteiger partial charge in [-0.2, -0.15) is 0 Å². The van der Waals surface area contributed by atoms with Crippen molar-refractivity contribution < 1.29 is 4.42 Å². The first-order valence-electron chi connectivity index (χ1n) is 8.29. The Kier molecular flexibility index (Phi) is 6.71. The number of hydrogen-bond donors (Lipinski definition) is 2. The molecule has 0 unspecified atom stereocenters. The van der Waals surface area contributed by atoms with Crippen LogP contribution < -0.4 is 10.6 Å². The third kappa shape index (κ3) is 5.33. The predicted octanol–water partition coefficient (Wildman–Crippen LogP) is 1.83. The van der Waals surface area contributed by atoms with Crippen LogP contribution in [0.5, 0.6) is 0 Å². The summed E-state index contributed by atoms with van der Waals surface area (Å²) >= 11 is 0. The van der Waals surface area contributed by atoms with Gasteiger partial charge in [0.1, 0.15) is 5.76 Å². The van der Waals surface area contributed by atoms with E-state index in [0.29, 0.717) is 12.4 Å². The van der Waals surface area contributed by atoms with Crippen molar-refractivity contribution in [2.75, 3.05) is 33.2 Å². The molecule has 1 saturated heterocycles. The third-order valence-electron chi connectivity index (χ3n) is 4.10. The minimum absolute atomic E-state index is 0.558. The van der Waals surface area contributed by atoms with Gasteiger partial charge >= 0.3 is 0 Å². The summed E-state index contributed by atoms with van der Waals surface area (Å²) in [6.07, 6.45) is 5.14. The zero-order chi connectivity index (χ0) is 15.8. The Bertz CT molecular complexity index is 457. The van der Waals surface area contributed by atoms with E-state index in [0.717, 1.165) is 30.4 Å². The van der Waals surface area contributed by atoms with Crippen molar-refractivity contribution in [3.05, 3.63) is 17.3 Å². The fourth-order valence-corrected chi connectivity index (χ4v) is 2.67. The summed E-state index contributed by atoms with van der Waals surface area (Å²) < 4.78 is 5.55. The van der Waals surface area contributed by atoms with Gasteiger partial charge in [-0.05, 0) is 59.2 Å². The van der Waals surface area contributed by atoms with E-state index < -0.39 is 0 Å². The zero-order valence-corrected chi connectivity index (χ0v) is 14.1. The van der Waals surface area contributed by atoms with Crippen molar-refractivity contribution in [1.29, 1.82) is 0 Å². The second-order valence-corrected chi connectivity index (χ2v) is 5.86. The Balaban J connectivity index is 1.58. The Morgan fingerprint density at radius 3 is 2.64 bits per heavy atom. The molecule has 0 aromatic carbocycles. The highest BCUT2D eigenvalue weighted by molar-refractivity contribution is 5.79. The molecule has 1 aromatic heterocycles. The molecule has 2 heterocycles. The fraction of sp³-hybridized carbons (Fsp3) is 0.750. The lowest BCUT2D eigenvalue weighted by atomic mass is 10.3. The number of oxazole rings is 1. The van der Waals surface area contributed by atoms with Crippen molar-refractivity contribution >= 4 is 5.96 Å². The molecule has 6 nitrogen and oxygen atoms in total. The van der Waals surface area contributed by atoms with Gasteiger partial charge in [-0.15, -0.1) is 0 Å². The van der Waals surface area contributed by atoms with Crippen molar-refractivity contribution in [3.8, 4) is 0 Å². The van der Waals surface area contributed by atoms with Gasteiger partial charge in [0.2, 0.25) is 5.89 Å². The number of guanidine groups is 1. The molecule has 2 N–H and O–H groups in total. The van der Waals surface area contributed by atoms with E-state index >= 15 is 0 Å². The molecule has 6 heteroatoms. The molecule has 1 aliphatic heterocycles. The summed E-state index contributed by atoms with van der Waals surface area (Å²) in [6.45, 7) is 9.17. The molecule has 1 aliphatic rings. The SMILES string of the molecule is CN=C(NCCCCN1CCCC1)NCc1nc(C)c(C)o1. The Morgan fingerprint density at radius 2 is 2.00 bits per heavy atom. The summed E-state index contributed by atoms with van der Waals surface area (Å²) in [5.74, 6) is 2.38. The van der Waals surface area contributed by atoms with E-state index in [2.05, 4.69) is 25.5 Å². The number of aromatic nitrogens is 1. The van der Waals surface area contributed by atoms with E-state index in [4.69, 9.17) is 4.42 Å². The van der Waals surface area contributed by atoms with Crippen LogP contribution in [0.25, 0.3) is 0 Å². The van der Waals surface area contributed by atoms with Crippen LogP contribution >= 0.6 is 0 Å². The van der Waals surface area contributed by atoms with Crippen molar-refractivity contribution in [2.45, 2.75) is 46.1 Å². The first-order chi connectivity index (χ1) is 10.7. The van der Waals surface area contributed by atoms with Gasteiger partial charge in [-0.25, -0.2) is 4.98 Å². The standard InChI is InChI=1S/C16H29N5O/c1-13-14(2)22-15(20-13)12-19-16(17-3)18-8-4-5-9-21-10-6-7-11-21/h4-12H2,1-3H3,(H2,17,18,19). The third-order valence-corrected chi connectivity index (χ3v) is 4.10. The van der Waals surface area contributed by atoms with Gasteiger partial charge in [0.15, 0.2) is 5.96 Å². The maximum absolute atomic E-state index is 5.55. The quantitative estimate of drug-likeness (QED) is 0.457. The Morgan fingerprint density at radius 1 is 1.23 bits per heavy atom. The maximum Gasteiger partial charge on any atom is 0.214 e. The second-order valence-electron chi connectivity index (χ2n) is 5.86. The monoisotopic (exact) mass is 307 g/mol. The summed E-state index contributed by atoms with van der Waals surface area (Å²) in [7, 11) is 1.78. The molecule has 0 bridgehead atoms. The summed E-state index contributed by atoms with van der Waals surface area (Å²) in [5.41, 5.74) is 0.946. The number of likely N-dealkylation sites (tertiary alicyclic amines) is 1. The molecule has 1 aromatic rings. The van der Waals surface area contributed by atoms with Gasteiger partial charge in [0.25, 0.3) is 0 Å². The zero-order valence-electron chi connectivity index (χ0n) is 14.1. The molecule has 22 heavy (non-hydrogen) atoms. The molecule has 0 radical (unpaired) electrons. The molecule has 0 spiro atoms. The first kappa shape index (κ1) is 16.8. The first-order valence-corrected chi connectivity index (χ1v) is 8.29. The maximum atomic E-state index is 5.55. The largest absolute Gasteiger partial charge is 0.444 e. The van der Waals surface area contributed by atoms with Gasteiger partial charge in [0, 0.05) is 13.6 Å². The minimum Gasteiger partial charge on any atom is -0.444 e. The van der Waals surface area contributed by atoms with Gasteiger partial charge in [-0.1, -0.05) is 0 Å². The summed E-state index contributed by atoms with van der Waals surface area (Å²) in [5, 5.41) is 6.57. The minimum atomic E-state index is 0.558. The Hall–Kier alpha value is -1.56. The second kappa shape index (κ2) is 8.78. The molecule has 124 valence electrons. The average Bonchev–Trinajstić information content (AvgIpc) is 3.12. The van der Waals surface area contributed by atoms with Crippen molar-refractivity contribution in [1.82, 2.24) is 20.5 Å². The van der Waals surface area contributed by atoms with Crippen LogP contribution in [0.15, 0.2) is 9.41 Å². The highest BCUT2D eigenvalue weighted by Crippen LogP contribution is 2.08. The molecule has 0 saturated carbocycles. The number of nitrogens with one attached hydrogen (secondary N) is 2. The normalized spacial score (nSPS) is 16.2. The van der Waals surface area contributed by atoms with E-state index in [1.807, 2.05) is 13.8 Å². The predicted molar refractivity (Wildman–Crippen MR) is 89.1 cm³/mol. The van der Waals surface area contributed by atoms with E-state index in [1.165, 1.54) is 38.9 Å². The van der Waals surface area contributed by atoms with Crippen LogP contribution in [-0.2, 0) is 6.54 Å². The molecule has 0 amide bonds. The topological polar surface area (TPSA) is 65.7 Å². The van der Waals surface area contributed by atoms with Crippen molar-refractivity contribution in [3.63, 3.8) is 0 Å². The molecule has 0 atom stereocenters. The van der Waals surface area contributed by atoms with Crippen LogP contribution in [0.3, 0.4) is 0 Å². The van der Waals surface area contributed by atoms with Crippen LogP contribution in [0.2, 0.25) is 0 Å². The number of rotatable bonds is 7. The lowest BCUT2D eigenvalue weighted by molar-refractivity contribution is 0.330. The summed E-state index contributed by atoms with van der Waals surface area (Å²) in [6, 6.07) is 0. The van der Waals surface area contributed by atoms with Gasteiger partial charge in [0.05, 0.1) is 12.2 Å². The van der Waals surface area contributed by atoms with E-state index in [1.54, 1.807) is 7.05 Å². The molecular weight excluding hydrogens is 278 g/mol. The van der Waals surface area contributed by atoms with E-state index in [-0.39, 0.29) is 0 Å². The van der Waals surface area contributed by atoms with Crippen LogP contribution in [0.4, 0.5) is 0 Å². The van der Waals surface area contributed by atoms with Gasteiger partial charge in [-0.3, -0.25) is 4.99 Å². The number of aryl methyl sites for hydroxylation is 2. The molecule has 1 fully saturated rings. The smallest absolute Gasteiger partial charge is 0.214 e. The van der Waals surface area contributed by atoms with Crippen LogP contribution in [0.1, 0.15) is 43.0 Å². The lowest BCUT2D eigenvalue weighted by Gasteiger charge is -2.14. The van der Waals surface area contributed by atoms with Crippen LogP contribution in [-0.4, -0.2) is 49.1 Å². The number of hydrogen-bond acceptors (Lipinski definition) is 4. The van der Waals surface area contributed by atoms with Crippen molar-refractivity contribution in [2.24, 2.45) is 4.99 Å². The Labute approximate surface area is 133 Å². The highest BCUT2D eigenvalue weighted by atomic mass is 16.4. The summed E-state index contributed by atoms with van der Waals surface area (Å²) in [4.78, 5) is 11.1. The number of aliphatic imine (C=N–C) groups is 1. The fourth-order valence-electron chi connectivity index (χ4n) is 2.67. The number of unbranched alkanes of at least 4 members (excludes halogenated alkanes) is 1. The van der Waals surface area contributed by atoms with Gasteiger partial charge < -0.3 is 20.0 Å². The molecular formula is C16H29N5O.